The van der Waals surface area contributed by atoms with E-state index in [-0.39, 0.29) is 30.2 Å². The summed E-state index contributed by atoms with van der Waals surface area (Å²) in [5.41, 5.74) is -0.393. The van der Waals surface area contributed by atoms with Crippen LogP contribution in [0.4, 0.5) is 19.0 Å². The zero-order chi connectivity index (χ0) is 21.3. The van der Waals surface area contributed by atoms with Crippen molar-refractivity contribution >= 4 is 11.7 Å². The number of benzene rings is 1. The number of aliphatic hydroxyl groups excluding tert-OH is 1. The van der Waals surface area contributed by atoms with Gasteiger partial charge in [0.2, 0.25) is 5.91 Å². The van der Waals surface area contributed by atoms with Gasteiger partial charge < -0.3 is 15.3 Å². The number of nitrogens with one attached hydrogen (secondary N) is 1. The van der Waals surface area contributed by atoms with Crippen molar-refractivity contribution in [2.45, 2.75) is 37.6 Å². The molecule has 2 aliphatic rings. The molecule has 160 valence electrons. The molecule has 0 unspecified atom stereocenters. The Hall–Kier alpha value is -2.68. The molecule has 1 saturated heterocycles. The fourth-order valence-electron chi connectivity index (χ4n) is 4.50. The Kier molecular flexibility index (Phi) is 5.64. The van der Waals surface area contributed by atoms with Gasteiger partial charge >= 0.3 is 6.18 Å². The minimum Gasteiger partial charge on any atom is -0.391 e. The van der Waals surface area contributed by atoms with E-state index in [0.717, 1.165) is 12.1 Å². The summed E-state index contributed by atoms with van der Waals surface area (Å²) < 4.78 is 38.7. The highest BCUT2D eigenvalue weighted by Gasteiger charge is 2.43. The van der Waals surface area contributed by atoms with Crippen LogP contribution in [0.5, 0.6) is 0 Å². The van der Waals surface area contributed by atoms with E-state index in [1.54, 1.807) is 29.6 Å². The Labute approximate surface area is 172 Å². The predicted octanol–water partition coefficient (Wildman–Crippen LogP) is 2.75. The quantitative estimate of drug-likeness (QED) is 0.795. The molecule has 1 amide bonds. The first-order valence-corrected chi connectivity index (χ1v) is 9.94. The van der Waals surface area contributed by atoms with Crippen molar-refractivity contribution in [1.82, 2.24) is 14.9 Å². The number of rotatable bonds is 4. The molecule has 0 spiro atoms. The van der Waals surface area contributed by atoms with Gasteiger partial charge in [-0.3, -0.25) is 9.78 Å². The predicted molar refractivity (Wildman–Crippen MR) is 103 cm³/mol. The summed E-state index contributed by atoms with van der Waals surface area (Å²) >= 11 is 0. The SMILES string of the molecule is O=C(Cc1cccc(C(F)(F)F)c1)N1C[C@H]2C[C@@H](Nc3cnccn3)[C@H](O)C[C@H]2C1. The molecule has 2 aromatic rings. The van der Waals surface area contributed by atoms with Crippen molar-refractivity contribution in [3.05, 3.63) is 54.0 Å². The van der Waals surface area contributed by atoms with Crippen LogP contribution in [-0.2, 0) is 17.4 Å². The fraction of sp³-hybridized carbons (Fsp3) is 0.476. The van der Waals surface area contributed by atoms with Gasteiger partial charge in [0.25, 0.3) is 0 Å². The lowest BCUT2D eigenvalue weighted by Gasteiger charge is -2.35. The molecule has 30 heavy (non-hydrogen) atoms. The van der Waals surface area contributed by atoms with Crippen molar-refractivity contribution in [3.63, 3.8) is 0 Å². The number of carbonyl (C=O) groups is 1. The van der Waals surface area contributed by atoms with E-state index in [4.69, 9.17) is 0 Å². The van der Waals surface area contributed by atoms with Gasteiger partial charge in [0.15, 0.2) is 0 Å². The molecule has 0 radical (unpaired) electrons. The Bertz CT molecular complexity index is 893. The van der Waals surface area contributed by atoms with E-state index >= 15 is 0 Å². The van der Waals surface area contributed by atoms with Gasteiger partial charge in [-0.2, -0.15) is 13.2 Å². The zero-order valence-electron chi connectivity index (χ0n) is 16.2. The van der Waals surface area contributed by atoms with E-state index in [1.165, 1.54) is 6.07 Å². The number of carbonyl (C=O) groups excluding carboxylic acids is 1. The fourth-order valence-corrected chi connectivity index (χ4v) is 4.50. The van der Waals surface area contributed by atoms with Crippen molar-refractivity contribution < 1.29 is 23.1 Å². The molecule has 1 saturated carbocycles. The number of anilines is 1. The molecule has 2 fully saturated rings. The van der Waals surface area contributed by atoms with Crippen LogP contribution in [0.3, 0.4) is 0 Å². The summed E-state index contributed by atoms with van der Waals surface area (Å²) in [4.78, 5) is 22.6. The molecule has 1 aromatic heterocycles. The van der Waals surface area contributed by atoms with Gasteiger partial charge in [-0.25, -0.2) is 4.98 Å². The Morgan fingerprint density at radius 3 is 2.67 bits per heavy atom. The lowest BCUT2D eigenvalue weighted by Crippen LogP contribution is -2.43. The summed E-state index contributed by atoms with van der Waals surface area (Å²) in [6, 6.07) is 4.73. The van der Waals surface area contributed by atoms with E-state index in [9.17, 15) is 23.1 Å². The smallest absolute Gasteiger partial charge is 0.391 e. The monoisotopic (exact) mass is 420 g/mol. The molecule has 1 aliphatic heterocycles. The molecule has 2 heterocycles. The first kappa shape index (κ1) is 20.6. The van der Waals surface area contributed by atoms with Gasteiger partial charge in [-0.1, -0.05) is 18.2 Å². The molecule has 1 aliphatic carbocycles. The first-order valence-electron chi connectivity index (χ1n) is 9.94. The van der Waals surface area contributed by atoms with E-state index in [0.29, 0.717) is 37.3 Å². The average Bonchev–Trinajstić information content (AvgIpc) is 3.11. The number of likely N-dealkylation sites (tertiary alicyclic amines) is 1. The number of fused-ring (bicyclic) bond motifs is 1. The van der Waals surface area contributed by atoms with Gasteiger partial charge in [0.05, 0.1) is 30.3 Å². The normalized spacial score (nSPS) is 26.3. The summed E-state index contributed by atoms with van der Waals surface area (Å²) in [5, 5.41) is 13.7. The van der Waals surface area contributed by atoms with Crippen LogP contribution >= 0.6 is 0 Å². The molecule has 4 atom stereocenters. The second kappa shape index (κ2) is 8.22. The minimum atomic E-state index is -4.43. The van der Waals surface area contributed by atoms with E-state index in [1.807, 2.05) is 0 Å². The Balaban J connectivity index is 1.37. The number of aromatic nitrogens is 2. The lowest BCUT2D eigenvalue weighted by molar-refractivity contribution is -0.138. The van der Waals surface area contributed by atoms with Crippen LogP contribution in [0.1, 0.15) is 24.0 Å². The van der Waals surface area contributed by atoms with Crippen LogP contribution in [0.2, 0.25) is 0 Å². The highest BCUT2D eigenvalue weighted by molar-refractivity contribution is 5.79. The molecular formula is C21H23F3N4O2. The topological polar surface area (TPSA) is 78.4 Å². The first-order chi connectivity index (χ1) is 14.3. The van der Waals surface area contributed by atoms with Crippen LogP contribution < -0.4 is 5.32 Å². The lowest BCUT2D eigenvalue weighted by atomic mass is 9.77. The summed E-state index contributed by atoms with van der Waals surface area (Å²) in [7, 11) is 0. The number of hydrogen-bond acceptors (Lipinski definition) is 5. The average molecular weight is 420 g/mol. The second-order valence-electron chi connectivity index (χ2n) is 8.07. The number of aliphatic hydroxyl groups is 1. The largest absolute Gasteiger partial charge is 0.416 e. The van der Waals surface area contributed by atoms with Gasteiger partial charge in [0.1, 0.15) is 5.82 Å². The molecular weight excluding hydrogens is 397 g/mol. The third-order valence-electron chi connectivity index (χ3n) is 6.00. The van der Waals surface area contributed by atoms with Crippen molar-refractivity contribution in [2.24, 2.45) is 11.8 Å². The van der Waals surface area contributed by atoms with Crippen LogP contribution in [-0.4, -0.2) is 51.1 Å². The second-order valence-corrected chi connectivity index (χ2v) is 8.07. The van der Waals surface area contributed by atoms with Crippen molar-refractivity contribution in [3.8, 4) is 0 Å². The van der Waals surface area contributed by atoms with Gasteiger partial charge in [-0.05, 0) is 36.3 Å². The summed E-state index contributed by atoms with van der Waals surface area (Å²) in [5.74, 6) is 0.825. The number of nitrogens with zero attached hydrogens (tertiary/aromatic N) is 3. The third kappa shape index (κ3) is 4.56. The molecule has 9 heteroatoms. The maximum absolute atomic E-state index is 12.9. The van der Waals surface area contributed by atoms with Gasteiger partial charge in [0, 0.05) is 25.5 Å². The number of alkyl halides is 3. The highest BCUT2D eigenvalue weighted by Crippen LogP contribution is 2.37. The highest BCUT2D eigenvalue weighted by atomic mass is 19.4. The van der Waals surface area contributed by atoms with E-state index in [2.05, 4.69) is 15.3 Å². The van der Waals surface area contributed by atoms with Crippen LogP contribution in [0.25, 0.3) is 0 Å². The summed E-state index contributed by atoms with van der Waals surface area (Å²) in [6.07, 6.45) is 0.944. The van der Waals surface area contributed by atoms with Crippen molar-refractivity contribution in [2.75, 3.05) is 18.4 Å². The van der Waals surface area contributed by atoms with Crippen LogP contribution in [0.15, 0.2) is 42.9 Å². The minimum absolute atomic E-state index is 0.0623. The number of hydrogen-bond donors (Lipinski definition) is 2. The van der Waals surface area contributed by atoms with Gasteiger partial charge in [-0.15, -0.1) is 0 Å². The maximum Gasteiger partial charge on any atom is 0.416 e. The zero-order valence-corrected chi connectivity index (χ0v) is 16.2. The molecule has 6 nitrogen and oxygen atoms in total. The van der Waals surface area contributed by atoms with Crippen LogP contribution in [0, 0.1) is 11.8 Å². The molecule has 1 aromatic carbocycles. The van der Waals surface area contributed by atoms with Crippen molar-refractivity contribution in [1.29, 1.82) is 0 Å². The number of halogens is 3. The van der Waals surface area contributed by atoms with E-state index < -0.39 is 17.8 Å². The molecule has 4 rings (SSSR count). The maximum atomic E-state index is 12.9. The third-order valence-corrected chi connectivity index (χ3v) is 6.00. The molecule has 0 bridgehead atoms. The Morgan fingerprint density at radius 1 is 1.20 bits per heavy atom. The Morgan fingerprint density at radius 2 is 1.97 bits per heavy atom. The molecule has 2 N–H and O–H groups in total. The standard InChI is InChI=1S/C21H23F3N4O2/c22-21(23,24)16-3-1-2-13(6-16)7-20(30)28-11-14-8-17(18(29)9-15(14)12-28)27-19-10-25-4-5-26-19/h1-6,10,14-15,17-18,29H,7-9,11-12H2,(H,26,27)/t14-,15+,17-,18-/m1/s1. The summed E-state index contributed by atoms with van der Waals surface area (Å²) in [6.45, 7) is 1.07. The number of amides is 1.